The summed E-state index contributed by atoms with van der Waals surface area (Å²) < 4.78 is 0. The van der Waals surface area contributed by atoms with Gasteiger partial charge in [-0.3, -0.25) is 57.7 Å². The minimum atomic E-state index is -2.04. The van der Waals surface area contributed by atoms with Crippen LogP contribution in [0.2, 0.25) is 0 Å². The predicted octanol–water partition coefficient (Wildman–Crippen LogP) is -3.55. The van der Waals surface area contributed by atoms with E-state index in [0.717, 1.165) is 13.8 Å². The maximum Gasteiger partial charge on any atom is 0.245 e. The van der Waals surface area contributed by atoms with Gasteiger partial charge < -0.3 is 96.1 Å². The number of carbonyl (C=O) groups excluding carboxylic acids is 11. The topological polar surface area (TPSA) is 491 Å². The molecule has 1 aromatic rings. The lowest BCUT2D eigenvalue weighted by Gasteiger charge is -2.35. The van der Waals surface area contributed by atoms with Crippen LogP contribution in [0.4, 0.5) is 0 Å². The highest BCUT2D eigenvalue weighted by atomic mass is 16.3. The number of rotatable bonds is 20. The smallest absolute Gasteiger partial charge is 0.245 e. The number of hydrogen-bond donors (Lipinski definition) is 18. The van der Waals surface area contributed by atoms with Gasteiger partial charge in [0.15, 0.2) is 5.96 Å². The Morgan fingerprint density at radius 3 is 1.64 bits per heavy atom. The van der Waals surface area contributed by atoms with E-state index < -0.39 is 186 Å². The first-order valence-corrected chi connectivity index (χ1v) is 30.5. The number of aliphatic hydroxyl groups excluding tert-OH is 4. The molecule has 1 fully saturated rings. The molecule has 15 atom stereocenters. The van der Waals surface area contributed by atoms with Gasteiger partial charge in [-0.25, -0.2) is 0 Å². The second kappa shape index (κ2) is 36.3. The van der Waals surface area contributed by atoms with Crippen molar-refractivity contribution in [3.8, 4) is 0 Å². The summed E-state index contributed by atoms with van der Waals surface area (Å²) in [4.78, 5) is 162. The predicted molar refractivity (Wildman–Crippen MR) is 334 cm³/mol. The minimum Gasteiger partial charge on any atom is -0.394 e. The molecule has 2 rings (SSSR count). The molecule has 0 saturated carbocycles. The van der Waals surface area contributed by atoms with E-state index in [1.54, 1.807) is 54.5 Å². The zero-order chi connectivity index (χ0) is 68.7. The largest absolute Gasteiger partial charge is 0.394 e. The monoisotopic (exact) mass is 1270 g/mol. The number of aliphatic imine (C=N–C) groups is 1. The Hall–Kier alpha value is -7.54. The number of carbonyl (C=O) groups is 11. The van der Waals surface area contributed by atoms with E-state index in [-0.39, 0.29) is 62.5 Å². The van der Waals surface area contributed by atoms with Gasteiger partial charge in [-0.15, -0.1) is 0 Å². The van der Waals surface area contributed by atoms with Crippen molar-refractivity contribution in [1.82, 2.24) is 58.5 Å². The van der Waals surface area contributed by atoms with Crippen LogP contribution in [0.25, 0.3) is 0 Å². The van der Waals surface area contributed by atoms with Crippen LogP contribution in [0, 0.1) is 28.6 Å². The number of nitrogens with one attached hydrogen (secondary N) is 11. The molecular formula is C60H103N15O15. The van der Waals surface area contributed by atoms with E-state index >= 15 is 4.79 Å². The molecule has 0 unspecified atom stereocenters. The lowest BCUT2D eigenvalue weighted by molar-refractivity contribution is -0.139. The molecule has 1 aliphatic heterocycles. The van der Waals surface area contributed by atoms with Gasteiger partial charge in [-0.05, 0) is 80.1 Å². The number of benzene rings is 1. The minimum absolute atomic E-state index is 0.0241. The molecule has 30 nitrogen and oxygen atoms in total. The third-order valence-corrected chi connectivity index (χ3v) is 14.7. The van der Waals surface area contributed by atoms with Crippen LogP contribution < -0.4 is 75.7 Å². The molecule has 0 bridgehead atoms. The number of aliphatic hydroxyl groups is 4. The maximum absolute atomic E-state index is 15.5. The average molecular weight is 1270 g/mol. The first-order chi connectivity index (χ1) is 41.7. The van der Waals surface area contributed by atoms with E-state index in [9.17, 15) is 68.4 Å². The quantitative estimate of drug-likeness (QED) is 0.0341. The van der Waals surface area contributed by atoms with Gasteiger partial charge in [0.25, 0.3) is 0 Å². The Balaban J connectivity index is 3.12. The summed E-state index contributed by atoms with van der Waals surface area (Å²) in [5.41, 5.74) is 16.5. The van der Waals surface area contributed by atoms with Gasteiger partial charge in [-0.2, -0.15) is 0 Å². The molecule has 508 valence electrons. The average Bonchev–Trinajstić information content (AvgIpc) is 0.859. The fourth-order valence-corrected chi connectivity index (χ4v) is 9.59. The molecule has 30 heteroatoms. The summed E-state index contributed by atoms with van der Waals surface area (Å²) in [6.07, 6.45) is -4.89. The van der Waals surface area contributed by atoms with Crippen molar-refractivity contribution in [1.29, 1.82) is 0 Å². The molecule has 21 N–H and O–H groups in total. The van der Waals surface area contributed by atoms with Crippen LogP contribution in [0.15, 0.2) is 35.3 Å². The second-order valence-electron chi connectivity index (χ2n) is 26.3. The molecule has 1 saturated heterocycles. The van der Waals surface area contributed by atoms with Crippen molar-refractivity contribution in [2.45, 2.75) is 220 Å². The molecule has 11 amide bonds. The summed E-state index contributed by atoms with van der Waals surface area (Å²) >= 11 is 0. The lowest BCUT2D eigenvalue weighted by atomic mass is 9.86. The second-order valence-corrected chi connectivity index (χ2v) is 26.3. The number of hydrogen-bond acceptors (Lipinski definition) is 17. The summed E-state index contributed by atoms with van der Waals surface area (Å²) in [7, 11) is 0. The molecule has 0 spiro atoms. The van der Waals surface area contributed by atoms with Crippen LogP contribution in [0.5, 0.6) is 0 Å². The number of amides is 11. The molecule has 1 aliphatic rings. The Labute approximate surface area is 527 Å². The van der Waals surface area contributed by atoms with E-state index in [2.05, 4.69) is 63.5 Å². The van der Waals surface area contributed by atoms with Crippen LogP contribution >= 0.6 is 0 Å². The zero-order valence-electron chi connectivity index (χ0n) is 54.5. The standard InChI is InChI=1S/C60H103N15O15/c1-15-31(6)41-54(87)72-42(32(7)77)53(86)65-27-40(79)70-43(33(8)78)55(88)69-39(28-76)52(85)73-44(34-20-17-16-18-21-34)45(74-51(84)38(26-60(12,13)14)68-48(81)35(61)25-59(9,10)11)56(89)75-46(47(80)30(4)5)57(90)67-37(24-29(2)3)50(83)66-36(49(82)71-41)22-19-23-64-58(62)63/h16-18,20-21,29-33,35-39,41-47,76-78,80H,15,19,22-28,61H2,1-14H3,(H,65,86)(H,66,83)(H,67,90)(H,68,81)(H,69,88)(H,70,79)(H,71,82)(H,72,87)(H,73,85)(H,74,84)(H,75,89)(H4,62,63,64)/t31-,32-,33+,35+,36+,37-,38-,39-,41-,42-,43-,44+,45-,46-,47+/m0/s1. The number of nitrogens with zero attached hydrogens (tertiary/aromatic N) is 1. The molecule has 1 heterocycles. The summed E-state index contributed by atoms with van der Waals surface area (Å²) in [5, 5.41) is 71.8. The Bertz CT molecular complexity index is 2620. The highest BCUT2D eigenvalue weighted by molar-refractivity contribution is 6.00. The molecule has 1 aromatic carbocycles. The van der Waals surface area contributed by atoms with Crippen molar-refractivity contribution >= 4 is 70.9 Å². The van der Waals surface area contributed by atoms with Crippen molar-refractivity contribution in [3.63, 3.8) is 0 Å². The van der Waals surface area contributed by atoms with Crippen LogP contribution in [0.3, 0.4) is 0 Å². The SMILES string of the molecule is CC[C@H](C)[C@@H]1NC(=O)[C@@H](CCCN=C(N)N)NC(=O)[C@H](CC(C)C)NC(=O)[C@H]([C@H](O)C(C)C)NC(=O)[C@@H](NC(=O)[C@H](CC(C)(C)C)NC(=O)[C@H](N)CC(C)(C)C)[C@@H](c2ccccc2)NC(=O)[C@H](CO)NC(=O)[C@H]([C@@H](C)O)NC(=O)CNC(=O)[C@H]([C@H](C)O)NC1=O. The summed E-state index contributed by atoms with van der Waals surface area (Å²) in [6.45, 7) is 20.9. The van der Waals surface area contributed by atoms with Crippen molar-refractivity contribution < 1.29 is 73.2 Å². The highest BCUT2D eigenvalue weighted by Crippen LogP contribution is 2.25. The van der Waals surface area contributed by atoms with E-state index in [1.165, 1.54) is 38.1 Å². The first-order valence-electron chi connectivity index (χ1n) is 30.5. The maximum atomic E-state index is 15.5. The highest BCUT2D eigenvalue weighted by Gasteiger charge is 2.43. The van der Waals surface area contributed by atoms with Gasteiger partial charge in [0, 0.05) is 6.54 Å². The van der Waals surface area contributed by atoms with Gasteiger partial charge in [-0.1, -0.05) is 120 Å². The zero-order valence-corrected chi connectivity index (χ0v) is 54.5. The van der Waals surface area contributed by atoms with Gasteiger partial charge in [0.05, 0.1) is 43.5 Å². The fraction of sp³-hybridized carbons (Fsp3) is 0.700. The first kappa shape index (κ1) is 78.6. The van der Waals surface area contributed by atoms with E-state index in [4.69, 9.17) is 17.2 Å². The Morgan fingerprint density at radius 1 is 0.622 bits per heavy atom. The van der Waals surface area contributed by atoms with E-state index in [0.29, 0.717) is 0 Å². The molecule has 0 radical (unpaired) electrons. The molecule has 0 aromatic heterocycles. The van der Waals surface area contributed by atoms with Gasteiger partial charge in [0.1, 0.15) is 54.4 Å². The summed E-state index contributed by atoms with van der Waals surface area (Å²) in [6, 6.07) is -10.8. The van der Waals surface area contributed by atoms with Crippen LogP contribution in [-0.4, -0.2) is 190 Å². The molecule has 0 aliphatic carbocycles. The Kier molecular flexibility index (Phi) is 31.7. The normalized spacial score (nSPS) is 25.0. The molecular weight excluding hydrogens is 1170 g/mol. The van der Waals surface area contributed by atoms with Gasteiger partial charge in [0.2, 0.25) is 65.0 Å². The fourth-order valence-electron chi connectivity index (χ4n) is 9.59. The molecule has 90 heavy (non-hydrogen) atoms. The third kappa shape index (κ3) is 26.5. The van der Waals surface area contributed by atoms with Crippen LogP contribution in [0.1, 0.15) is 147 Å². The summed E-state index contributed by atoms with van der Waals surface area (Å²) in [5.74, 6) is -13.7. The third-order valence-electron chi connectivity index (χ3n) is 14.7. The number of guanidine groups is 1. The van der Waals surface area contributed by atoms with Crippen LogP contribution in [-0.2, 0) is 52.7 Å². The Morgan fingerprint density at radius 2 is 1.12 bits per heavy atom. The van der Waals surface area contributed by atoms with Crippen molar-refractivity contribution in [2.24, 2.45) is 50.8 Å². The lowest BCUT2D eigenvalue weighted by Crippen LogP contribution is -2.65. The van der Waals surface area contributed by atoms with E-state index in [1.807, 2.05) is 20.8 Å². The number of nitrogens with two attached hydrogens (primary N) is 3. The van der Waals surface area contributed by atoms with Crippen molar-refractivity contribution in [2.75, 3.05) is 19.7 Å². The van der Waals surface area contributed by atoms with Crippen molar-refractivity contribution in [3.05, 3.63) is 35.9 Å². The van der Waals surface area contributed by atoms with Gasteiger partial charge >= 0.3 is 0 Å².